The zero-order valence-electron chi connectivity index (χ0n) is 6.13. The van der Waals surface area contributed by atoms with Crippen LogP contribution in [0, 0.1) is 5.13 Å². The zero-order chi connectivity index (χ0) is 9.14. The minimum absolute atomic E-state index is 0.216. The van der Waals surface area contributed by atoms with Crippen LogP contribution >= 0.6 is 27.3 Å². The van der Waals surface area contributed by atoms with Crippen molar-refractivity contribution in [2.75, 3.05) is 6.61 Å². The Bertz CT molecular complexity index is 302. The highest BCUT2D eigenvalue weighted by molar-refractivity contribution is 9.11. The first-order valence-corrected chi connectivity index (χ1v) is 4.75. The predicted octanol–water partition coefficient (Wildman–Crippen LogP) is 2.22. The number of thiazole rings is 1. The molecule has 6 heteroatoms. The fraction of sp³-hybridized carbons (Fsp3) is 0.333. The number of carbonyl (C=O) groups is 1. The van der Waals surface area contributed by atoms with Gasteiger partial charge in [-0.2, -0.15) is 4.39 Å². The molecule has 0 unspecified atom stereocenters. The van der Waals surface area contributed by atoms with E-state index in [1.807, 2.05) is 0 Å². The summed E-state index contributed by atoms with van der Waals surface area (Å²) < 4.78 is 17.7. The number of aromatic nitrogens is 1. The van der Waals surface area contributed by atoms with Gasteiger partial charge in [0.1, 0.15) is 0 Å². The largest absolute Gasteiger partial charge is 0.461 e. The molecule has 1 aromatic rings. The average Bonchev–Trinajstić information content (AvgIpc) is 2.30. The number of halogens is 2. The Morgan fingerprint density at radius 2 is 2.50 bits per heavy atom. The molecule has 0 aliphatic carbocycles. The van der Waals surface area contributed by atoms with Gasteiger partial charge in [0.05, 0.1) is 6.61 Å². The van der Waals surface area contributed by atoms with E-state index >= 15 is 0 Å². The van der Waals surface area contributed by atoms with E-state index in [0.717, 1.165) is 11.3 Å². The molecule has 0 aliphatic heterocycles. The summed E-state index contributed by atoms with van der Waals surface area (Å²) >= 11 is 3.72. The van der Waals surface area contributed by atoms with Gasteiger partial charge < -0.3 is 4.74 Å². The number of carbonyl (C=O) groups excluding carboxylic acids is 1. The van der Waals surface area contributed by atoms with E-state index in [0.29, 0.717) is 3.92 Å². The third-order valence-corrected chi connectivity index (χ3v) is 2.32. The number of ether oxygens (including phenoxy) is 1. The minimum atomic E-state index is -0.725. The van der Waals surface area contributed by atoms with Gasteiger partial charge in [0.15, 0.2) is 9.61 Å². The normalized spacial score (nSPS) is 9.92. The average molecular weight is 254 g/mol. The molecule has 1 aromatic heterocycles. The summed E-state index contributed by atoms with van der Waals surface area (Å²) in [7, 11) is 0. The topological polar surface area (TPSA) is 39.2 Å². The van der Waals surface area contributed by atoms with Crippen molar-refractivity contribution in [1.29, 1.82) is 0 Å². The molecular weight excluding hydrogens is 249 g/mol. The molecule has 66 valence electrons. The third-order valence-electron chi connectivity index (χ3n) is 1.03. The molecule has 12 heavy (non-hydrogen) atoms. The van der Waals surface area contributed by atoms with Crippen LogP contribution < -0.4 is 0 Å². The lowest BCUT2D eigenvalue weighted by Gasteiger charge is -1.95. The van der Waals surface area contributed by atoms with E-state index in [4.69, 9.17) is 0 Å². The molecule has 1 heterocycles. The molecule has 0 amide bonds. The van der Waals surface area contributed by atoms with Gasteiger partial charge in [0.25, 0.3) is 0 Å². The fourth-order valence-corrected chi connectivity index (χ4v) is 1.72. The molecule has 0 aromatic carbocycles. The number of nitrogens with zero attached hydrogens (tertiary/aromatic N) is 1. The van der Waals surface area contributed by atoms with E-state index in [9.17, 15) is 9.18 Å². The van der Waals surface area contributed by atoms with Crippen LogP contribution in [0.2, 0.25) is 0 Å². The van der Waals surface area contributed by atoms with E-state index in [1.54, 1.807) is 6.92 Å². The summed E-state index contributed by atoms with van der Waals surface area (Å²) in [6.45, 7) is 1.87. The Kier molecular flexibility index (Phi) is 3.16. The highest BCUT2D eigenvalue weighted by atomic mass is 79.9. The zero-order valence-corrected chi connectivity index (χ0v) is 8.54. The van der Waals surface area contributed by atoms with Crippen molar-refractivity contribution in [2.24, 2.45) is 0 Å². The Hall–Kier alpha value is -0.490. The van der Waals surface area contributed by atoms with E-state index < -0.39 is 11.1 Å². The van der Waals surface area contributed by atoms with Crippen molar-refractivity contribution in [3.63, 3.8) is 0 Å². The highest BCUT2D eigenvalue weighted by Crippen LogP contribution is 2.21. The lowest BCUT2D eigenvalue weighted by Crippen LogP contribution is -2.06. The monoisotopic (exact) mass is 253 g/mol. The van der Waals surface area contributed by atoms with Gasteiger partial charge in [-0.1, -0.05) is 11.3 Å². The van der Waals surface area contributed by atoms with Crippen LogP contribution in [0.4, 0.5) is 4.39 Å². The Labute approximate surface area is 80.7 Å². The summed E-state index contributed by atoms with van der Waals surface area (Å²) in [5, 5.41) is -0.625. The first kappa shape index (κ1) is 9.60. The first-order chi connectivity index (χ1) is 5.65. The van der Waals surface area contributed by atoms with Crippen molar-refractivity contribution in [2.45, 2.75) is 6.92 Å². The molecule has 0 bridgehead atoms. The maximum Gasteiger partial charge on any atom is 0.360 e. The quantitative estimate of drug-likeness (QED) is 0.759. The molecule has 1 rings (SSSR count). The second kappa shape index (κ2) is 3.95. The number of rotatable bonds is 2. The Morgan fingerprint density at radius 1 is 1.83 bits per heavy atom. The highest BCUT2D eigenvalue weighted by Gasteiger charge is 2.18. The lowest BCUT2D eigenvalue weighted by molar-refractivity contribution is 0.0515. The van der Waals surface area contributed by atoms with E-state index in [-0.39, 0.29) is 12.3 Å². The van der Waals surface area contributed by atoms with Gasteiger partial charge in [-0.05, 0) is 22.9 Å². The van der Waals surface area contributed by atoms with Gasteiger partial charge in [-0.3, -0.25) is 0 Å². The van der Waals surface area contributed by atoms with Crippen LogP contribution in [0.25, 0.3) is 0 Å². The van der Waals surface area contributed by atoms with Crippen LogP contribution in [0.5, 0.6) is 0 Å². The fourth-order valence-electron chi connectivity index (χ4n) is 0.602. The molecule has 0 fully saturated rings. The smallest absolute Gasteiger partial charge is 0.360 e. The van der Waals surface area contributed by atoms with Crippen LogP contribution in [-0.2, 0) is 4.74 Å². The molecule has 0 spiro atoms. The predicted molar refractivity (Wildman–Crippen MR) is 45.7 cm³/mol. The van der Waals surface area contributed by atoms with Crippen molar-refractivity contribution < 1.29 is 13.9 Å². The third kappa shape index (κ3) is 2.01. The Balaban J connectivity index is 2.87. The molecule has 0 saturated carbocycles. The van der Waals surface area contributed by atoms with Crippen LogP contribution in [0.3, 0.4) is 0 Å². The first-order valence-electron chi connectivity index (χ1n) is 3.14. The molecule has 0 saturated heterocycles. The summed E-state index contributed by atoms with van der Waals surface area (Å²) in [5.41, 5.74) is -0.256. The van der Waals surface area contributed by atoms with Crippen molar-refractivity contribution in [3.8, 4) is 0 Å². The number of esters is 1. The second-order valence-electron chi connectivity index (χ2n) is 1.81. The van der Waals surface area contributed by atoms with Crippen molar-refractivity contribution in [1.82, 2.24) is 4.98 Å². The van der Waals surface area contributed by atoms with Gasteiger partial charge in [0.2, 0.25) is 5.13 Å². The Morgan fingerprint density at radius 3 is 2.92 bits per heavy atom. The van der Waals surface area contributed by atoms with E-state index in [2.05, 4.69) is 25.7 Å². The summed E-state index contributed by atoms with van der Waals surface area (Å²) in [5.74, 6) is -0.725. The summed E-state index contributed by atoms with van der Waals surface area (Å²) in [6, 6.07) is 0. The molecule has 0 aliphatic rings. The van der Waals surface area contributed by atoms with Crippen LogP contribution in [0.15, 0.2) is 3.92 Å². The van der Waals surface area contributed by atoms with Gasteiger partial charge in [0, 0.05) is 0 Å². The van der Waals surface area contributed by atoms with Crippen LogP contribution in [0.1, 0.15) is 17.4 Å². The van der Waals surface area contributed by atoms with Crippen LogP contribution in [-0.4, -0.2) is 17.6 Å². The molecule has 0 radical (unpaired) electrons. The standard InChI is InChI=1S/C6H5BrFNO2S/c1-2-11-5(10)3-4(8)12-6(7)9-3/h2H2,1H3. The van der Waals surface area contributed by atoms with Crippen molar-refractivity contribution in [3.05, 3.63) is 14.7 Å². The molecule has 0 atom stereocenters. The van der Waals surface area contributed by atoms with Gasteiger partial charge in [-0.15, -0.1) is 0 Å². The van der Waals surface area contributed by atoms with Gasteiger partial charge >= 0.3 is 5.97 Å². The summed E-state index contributed by atoms with van der Waals surface area (Å²) in [6.07, 6.45) is 0. The molecular formula is C6H5BrFNO2S. The second-order valence-corrected chi connectivity index (χ2v) is 4.03. The molecule has 3 nitrogen and oxygen atoms in total. The van der Waals surface area contributed by atoms with Gasteiger partial charge in [-0.25, -0.2) is 9.78 Å². The number of hydrogen-bond donors (Lipinski definition) is 0. The van der Waals surface area contributed by atoms with Crippen molar-refractivity contribution >= 4 is 33.2 Å². The SMILES string of the molecule is CCOC(=O)c1nc(Br)sc1F. The molecule has 0 N–H and O–H groups in total. The number of hydrogen-bond acceptors (Lipinski definition) is 4. The lowest BCUT2D eigenvalue weighted by atomic mass is 10.5. The minimum Gasteiger partial charge on any atom is -0.461 e. The van der Waals surface area contributed by atoms with E-state index in [1.165, 1.54) is 0 Å². The maximum atomic E-state index is 12.8. The maximum absolute atomic E-state index is 12.8. The summed E-state index contributed by atoms with van der Waals surface area (Å²) in [4.78, 5) is 14.6.